The van der Waals surface area contributed by atoms with E-state index in [2.05, 4.69) is 0 Å². The zero-order valence-electron chi connectivity index (χ0n) is 15.7. The lowest BCUT2D eigenvalue weighted by Crippen LogP contribution is -2.33. The Morgan fingerprint density at radius 2 is 1.50 bits per heavy atom. The maximum atomic E-state index is 13.0. The number of ketones is 1. The number of imide groups is 1. The average Bonchev–Trinajstić information content (AvgIpc) is 3.03. The van der Waals surface area contributed by atoms with Crippen LogP contribution in [0.15, 0.2) is 83.8 Å². The molecule has 4 nitrogen and oxygen atoms in total. The predicted octanol–water partition coefficient (Wildman–Crippen LogP) is 5.41. The van der Waals surface area contributed by atoms with E-state index in [1.54, 1.807) is 12.1 Å². The molecule has 0 saturated carbocycles. The van der Waals surface area contributed by atoms with Crippen molar-refractivity contribution < 1.29 is 18.8 Å². The van der Waals surface area contributed by atoms with Gasteiger partial charge >= 0.3 is 0 Å². The number of thioether (sulfide) groups is 1. The zero-order chi connectivity index (χ0) is 21.1. The van der Waals surface area contributed by atoms with E-state index in [0.717, 1.165) is 27.8 Å². The van der Waals surface area contributed by atoms with Gasteiger partial charge in [-0.1, -0.05) is 66.7 Å². The molecule has 1 aliphatic rings. The number of benzene rings is 3. The van der Waals surface area contributed by atoms with E-state index in [-0.39, 0.29) is 23.1 Å². The van der Waals surface area contributed by atoms with Gasteiger partial charge in [-0.15, -0.1) is 0 Å². The van der Waals surface area contributed by atoms with Crippen molar-refractivity contribution in [3.05, 3.63) is 101 Å². The van der Waals surface area contributed by atoms with Gasteiger partial charge < -0.3 is 0 Å². The fourth-order valence-corrected chi connectivity index (χ4v) is 3.90. The lowest BCUT2D eigenvalue weighted by Gasteiger charge is -2.11. The van der Waals surface area contributed by atoms with Gasteiger partial charge in [-0.3, -0.25) is 19.3 Å². The van der Waals surface area contributed by atoms with Crippen LogP contribution in [0.2, 0.25) is 0 Å². The predicted molar refractivity (Wildman–Crippen MR) is 115 cm³/mol. The molecule has 2 amide bonds. The van der Waals surface area contributed by atoms with Crippen molar-refractivity contribution in [1.82, 2.24) is 4.90 Å². The molecule has 0 unspecified atom stereocenters. The molecule has 4 rings (SSSR count). The van der Waals surface area contributed by atoms with Crippen LogP contribution in [0.4, 0.5) is 9.18 Å². The molecule has 148 valence electrons. The molecule has 0 radical (unpaired) electrons. The molecule has 0 N–H and O–H groups in total. The Labute approximate surface area is 177 Å². The summed E-state index contributed by atoms with van der Waals surface area (Å²) in [6.45, 7) is -0.323. The number of hydrogen-bond donors (Lipinski definition) is 0. The topological polar surface area (TPSA) is 54.5 Å². The molecule has 1 aliphatic heterocycles. The first-order chi connectivity index (χ1) is 14.5. The Morgan fingerprint density at radius 1 is 0.867 bits per heavy atom. The Kier molecular flexibility index (Phi) is 5.59. The van der Waals surface area contributed by atoms with Crippen LogP contribution in [-0.2, 0) is 4.79 Å². The van der Waals surface area contributed by atoms with Gasteiger partial charge in [0.15, 0.2) is 5.78 Å². The van der Waals surface area contributed by atoms with Crippen LogP contribution in [0.1, 0.15) is 15.9 Å². The summed E-state index contributed by atoms with van der Waals surface area (Å²) in [6, 6.07) is 22.4. The highest BCUT2D eigenvalue weighted by Gasteiger charge is 2.36. The molecule has 0 aliphatic carbocycles. The summed E-state index contributed by atoms with van der Waals surface area (Å²) in [6.07, 6.45) is 1.52. The number of Topliss-reactive ketones (excluding diaryl/α,β-unsaturated/α-hetero) is 1. The third-order valence-electron chi connectivity index (χ3n) is 4.66. The molecule has 6 heteroatoms. The smallest absolute Gasteiger partial charge is 0.292 e. The van der Waals surface area contributed by atoms with Gasteiger partial charge in [0.2, 0.25) is 0 Å². The molecule has 0 aromatic heterocycles. The van der Waals surface area contributed by atoms with Crippen molar-refractivity contribution in [2.24, 2.45) is 0 Å². The van der Waals surface area contributed by atoms with Crippen LogP contribution < -0.4 is 0 Å². The molecule has 3 aromatic rings. The lowest BCUT2D eigenvalue weighted by atomic mass is 10.0. The molecule has 1 heterocycles. The fraction of sp³-hybridized carbons (Fsp3) is 0.0417. The van der Waals surface area contributed by atoms with Crippen molar-refractivity contribution in [3.63, 3.8) is 0 Å². The van der Waals surface area contributed by atoms with Gasteiger partial charge in [0.05, 0.1) is 11.4 Å². The Balaban J connectivity index is 1.47. The number of halogens is 1. The van der Waals surface area contributed by atoms with Gasteiger partial charge in [-0.05, 0) is 46.7 Å². The molecule has 1 fully saturated rings. The maximum absolute atomic E-state index is 13.0. The second-order valence-corrected chi connectivity index (χ2v) is 7.68. The van der Waals surface area contributed by atoms with Crippen molar-refractivity contribution >= 4 is 34.8 Å². The quantitative estimate of drug-likeness (QED) is 0.411. The van der Waals surface area contributed by atoms with Crippen molar-refractivity contribution in [2.45, 2.75) is 0 Å². The van der Waals surface area contributed by atoms with Crippen LogP contribution in [0.5, 0.6) is 0 Å². The van der Waals surface area contributed by atoms with Gasteiger partial charge in [0.1, 0.15) is 5.82 Å². The van der Waals surface area contributed by atoms with E-state index in [9.17, 15) is 18.8 Å². The SMILES string of the molecule is O=C(CN1C(=O)S/C(=C/c2ccc(F)cc2)C1=O)c1ccc(-c2ccccc2)cc1. The van der Waals surface area contributed by atoms with Crippen LogP contribution >= 0.6 is 11.8 Å². The summed E-state index contributed by atoms with van der Waals surface area (Å²) in [4.78, 5) is 38.6. The van der Waals surface area contributed by atoms with E-state index in [4.69, 9.17) is 0 Å². The molecular weight excluding hydrogens is 401 g/mol. The number of hydrogen-bond acceptors (Lipinski definition) is 4. The van der Waals surface area contributed by atoms with Crippen molar-refractivity contribution in [2.75, 3.05) is 6.54 Å². The standard InChI is InChI=1S/C24H16FNO3S/c25-20-12-6-16(7-13-20)14-22-23(28)26(24(29)30-22)15-21(27)19-10-8-18(9-11-19)17-4-2-1-3-5-17/h1-14H,15H2/b22-14+. The van der Waals surface area contributed by atoms with E-state index in [1.807, 2.05) is 42.5 Å². The second kappa shape index (κ2) is 8.47. The number of carbonyl (C=O) groups excluding carboxylic acids is 3. The van der Waals surface area contributed by atoms with Crippen molar-refractivity contribution in [1.29, 1.82) is 0 Å². The summed E-state index contributed by atoms with van der Waals surface area (Å²) in [5, 5.41) is -0.498. The maximum Gasteiger partial charge on any atom is 0.293 e. The van der Waals surface area contributed by atoms with E-state index >= 15 is 0 Å². The minimum atomic E-state index is -0.524. The molecule has 30 heavy (non-hydrogen) atoms. The molecule has 3 aromatic carbocycles. The number of amides is 2. The first-order valence-corrected chi connectivity index (χ1v) is 10.0. The third kappa shape index (κ3) is 4.23. The third-order valence-corrected chi connectivity index (χ3v) is 5.56. The molecule has 1 saturated heterocycles. The van der Waals surface area contributed by atoms with Gasteiger partial charge in [-0.25, -0.2) is 4.39 Å². The van der Waals surface area contributed by atoms with Crippen LogP contribution in [0, 0.1) is 5.82 Å². The minimum Gasteiger partial charge on any atom is -0.292 e. The number of rotatable bonds is 5. The first-order valence-electron chi connectivity index (χ1n) is 9.21. The zero-order valence-corrected chi connectivity index (χ0v) is 16.6. The normalized spacial score (nSPS) is 15.1. The second-order valence-electron chi connectivity index (χ2n) is 6.69. The lowest BCUT2D eigenvalue weighted by molar-refractivity contribution is -0.122. The number of carbonyl (C=O) groups is 3. The molecule has 0 atom stereocenters. The van der Waals surface area contributed by atoms with Crippen molar-refractivity contribution in [3.8, 4) is 11.1 Å². The average molecular weight is 417 g/mol. The highest BCUT2D eigenvalue weighted by Crippen LogP contribution is 2.32. The summed E-state index contributed by atoms with van der Waals surface area (Å²) in [7, 11) is 0. The monoisotopic (exact) mass is 417 g/mol. The number of nitrogens with zero attached hydrogens (tertiary/aromatic N) is 1. The molecule has 0 bridgehead atoms. The van der Waals surface area contributed by atoms with Gasteiger partial charge in [-0.2, -0.15) is 0 Å². The van der Waals surface area contributed by atoms with E-state index in [0.29, 0.717) is 11.1 Å². The summed E-state index contributed by atoms with van der Waals surface area (Å²) in [5.41, 5.74) is 3.04. The largest absolute Gasteiger partial charge is 0.293 e. The Hall–Kier alpha value is -3.51. The molecular formula is C24H16FNO3S. The highest BCUT2D eigenvalue weighted by molar-refractivity contribution is 8.18. The summed E-state index contributed by atoms with van der Waals surface area (Å²) in [5.74, 6) is -1.23. The first kappa shape index (κ1) is 19.8. The Morgan fingerprint density at radius 3 is 2.17 bits per heavy atom. The van der Waals surface area contributed by atoms with Gasteiger partial charge in [0.25, 0.3) is 11.1 Å². The summed E-state index contributed by atoms with van der Waals surface area (Å²) < 4.78 is 13.0. The minimum absolute atomic E-state index is 0.207. The summed E-state index contributed by atoms with van der Waals surface area (Å²) >= 11 is 0.770. The van der Waals surface area contributed by atoms with Crippen LogP contribution in [-0.4, -0.2) is 28.4 Å². The van der Waals surface area contributed by atoms with Crippen LogP contribution in [0.3, 0.4) is 0 Å². The van der Waals surface area contributed by atoms with E-state index < -0.39 is 11.1 Å². The fourth-order valence-electron chi connectivity index (χ4n) is 3.06. The highest BCUT2D eigenvalue weighted by atomic mass is 32.2. The van der Waals surface area contributed by atoms with E-state index in [1.165, 1.54) is 30.3 Å². The Bertz CT molecular complexity index is 1140. The van der Waals surface area contributed by atoms with Gasteiger partial charge in [0, 0.05) is 5.56 Å². The molecule has 0 spiro atoms. The van der Waals surface area contributed by atoms with Crippen LogP contribution in [0.25, 0.3) is 17.2 Å².